The van der Waals surface area contributed by atoms with E-state index < -0.39 is 0 Å². The number of nitrogens with two attached hydrogens (primary N) is 1. The third-order valence-electron chi connectivity index (χ3n) is 2.12. The highest BCUT2D eigenvalue weighted by atomic mass is 32.2. The zero-order chi connectivity index (χ0) is 12.3. The normalized spacial score (nSPS) is 11.0. The van der Waals surface area contributed by atoms with Gasteiger partial charge in [0.05, 0.1) is 5.75 Å². The first-order chi connectivity index (χ1) is 8.15. The number of thioether (sulfide) groups is 1. The van der Waals surface area contributed by atoms with E-state index in [1.807, 2.05) is 19.9 Å². The van der Waals surface area contributed by atoms with Crippen molar-refractivity contribution < 1.29 is 4.52 Å². The maximum atomic E-state index is 5.51. The monoisotopic (exact) mass is 250 g/mol. The van der Waals surface area contributed by atoms with Crippen LogP contribution in [0.15, 0.2) is 27.7 Å². The van der Waals surface area contributed by atoms with Crippen molar-refractivity contribution in [3.05, 3.63) is 30.0 Å². The van der Waals surface area contributed by atoms with Crippen molar-refractivity contribution in [2.45, 2.75) is 30.4 Å². The van der Waals surface area contributed by atoms with E-state index in [0.717, 1.165) is 10.7 Å². The van der Waals surface area contributed by atoms with Gasteiger partial charge < -0.3 is 10.3 Å². The lowest BCUT2D eigenvalue weighted by Crippen LogP contribution is -1.90. The summed E-state index contributed by atoms with van der Waals surface area (Å²) in [6.07, 6.45) is 1.74. The Bertz CT molecular complexity index is 480. The molecule has 0 fully saturated rings. The van der Waals surface area contributed by atoms with E-state index in [2.05, 4.69) is 15.1 Å². The molecule has 2 rings (SSSR count). The zero-order valence-corrected chi connectivity index (χ0v) is 10.6. The highest BCUT2D eigenvalue weighted by Gasteiger charge is 2.09. The maximum absolute atomic E-state index is 5.51. The fourth-order valence-corrected chi connectivity index (χ4v) is 1.88. The minimum atomic E-state index is 0.288. The van der Waals surface area contributed by atoms with Crippen LogP contribution in [0.3, 0.4) is 0 Å². The molecule has 17 heavy (non-hydrogen) atoms. The second-order valence-electron chi connectivity index (χ2n) is 3.91. The molecule has 0 aliphatic rings. The molecule has 90 valence electrons. The third-order valence-corrected chi connectivity index (χ3v) is 3.09. The molecule has 5 nitrogen and oxygen atoms in total. The van der Waals surface area contributed by atoms with Crippen LogP contribution in [0.25, 0.3) is 0 Å². The van der Waals surface area contributed by atoms with Gasteiger partial charge in [0.25, 0.3) is 0 Å². The number of hydrogen-bond donors (Lipinski definition) is 1. The van der Waals surface area contributed by atoms with Crippen LogP contribution in [0.1, 0.15) is 31.5 Å². The number of aromatic nitrogens is 3. The van der Waals surface area contributed by atoms with Gasteiger partial charge in [-0.15, -0.1) is 11.8 Å². The summed E-state index contributed by atoms with van der Waals surface area (Å²) in [7, 11) is 0. The Morgan fingerprint density at radius 1 is 1.41 bits per heavy atom. The Balaban J connectivity index is 1.95. The molecule has 0 unspecified atom stereocenters. The fourth-order valence-electron chi connectivity index (χ4n) is 1.18. The Morgan fingerprint density at radius 3 is 2.82 bits per heavy atom. The fraction of sp³-hybridized carbons (Fsp3) is 0.364. The number of pyridine rings is 1. The first-order valence-corrected chi connectivity index (χ1v) is 6.30. The average molecular weight is 250 g/mol. The van der Waals surface area contributed by atoms with Gasteiger partial charge in [0, 0.05) is 17.0 Å². The lowest BCUT2D eigenvalue weighted by Gasteiger charge is -1.97. The van der Waals surface area contributed by atoms with Gasteiger partial charge in [-0.1, -0.05) is 19.0 Å². The lowest BCUT2D eigenvalue weighted by molar-refractivity contribution is 0.383. The second-order valence-corrected chi connectivity index (χ2v) is 4.96. The van der Waals surface area contributed by atoms with Gasteiger partial charge in [0.1, 0.15) is 5.82 Å². The van der Waals surface area contributed by atoms with E-state index in [9.17, 15) is 0 Å². The second kappa shape index (κ2) is 5.18. The first kappa shape index (κ1) is 11.9. The van der Waals surface area contributed by atoms with E-state index in [1.54, 1.807) is 24.0 Å². The van der Waals surface area contributed by atoms with E-state index in [0.29, 0.717) is 17.5 Å². The molecular weight excluding hydrogens is 236 g/mol. The van der Waals surface area contributed by atoms with Crippen LogP contribution in [0, 0.1) is 0 Å². The van der Waals surface area contributed by atoms with Crippen molar-refractivity contribution in [2.24, 2.45) is 0 Å². The van der Waals surface area contributed by atoms with E-state index in [1.165, 1.54) is 0 Å². The van der Waals surface area contributed by atoms with Crippen LogP contribution in [0.4, 0.5) is 5.82 Å². The number of rotatable bonds is 4. The Morgan fingerprint density at radius 2 is 2.24 bits per heavy atom. The highest BCUT2D eigenvalue weighted by Crippen LogP contribution is 2.22. The third kappa shape index (κ3) is 3.20. The van der Waals surface area contributed by atoms with E-state index in [4.69, 9.17) is 10.3 Å². The molecule has 2 heterocycles. The summed E-state index contributed by atoms with van der Waals surface area (Å²) in [6.45, 7) is 4.07. The summed E-state index contributed by atoms with van der Waals surface area (Å²) in [4.78, 5) is 9.34. The standard InChI is InChI=1S/C11H14N4OS/c1-7(2)11-14-10(16-15-11)6-17-8-3-4-9(12)13-5-8/h3-5,7H,6H2,1-2H3,(H2,12,13). The summed E-state index contributed by atoms with van der Waals surface area (Å²) < 4.78 is 5.14. The quantitative estimate of drug-likeness (QED) is 0.840. The summed E-state index contributed by atoms with van der Waals surface area (Å²) in [5.74, 6) is 2.84. The van der Waals surface area contributed by atoms with E-state index in [-0.39, 0.29) is 5.92 Å². The summed E-state index contributed by atoms with van der Waals surface area (Å²) >= 11 is 1.59. The van der Waals surface area contributed by atoms with Crippen LogP contribution >= 0.6 is 11.8 Å². The Kier molecular flexibility index (Phi) is 3.63. The molecule has 2 aromatic heterocycles. The van der Waals surface area contributed by atoms with Gasteiger partial charge in [-0.2, -0.15) is 4.98 Å². The molecular formula is C11H14N4OS. The lowest BCUT2D eigenvalue weighted by atomic mass is 10.2. The van der Waals surface area contributed by atoms with Crippen molar-refractivity contribution in [3.8, 4) is 0 Å². The minimum Gasteiger partial charge on any atom is -0.384 e. The number of nitrogen functional groups attached to an aromatic ring is 1. The van der Waals surface area contributed by atoms with Gasteiger partial charge in [0.15, 0.2) is 5.82 Å². The Labute approximate surface area is 104 Å². The van der Waals surface area contributed by atoms with Gasteiger partial charge in [0.2, 0.25) is 5.89 Å². The van der Waals surface area contributed by atoms with Gasteiger partial charge in [-0.3, -0.25) is 0 Å². The van der Waals surface area contributed by atoms with Crippen LogP contribution in [-0.2, 0) is 5.75 Å². The molecule has 0 atom stereocenters. The predicted octanol–water partition coefficient (Wildman–Crippen LogP) is 2.46. The molecule has 0 saturated heterocycles. The molecule has 2 aromatic rings. The SMILES string of the molecule is CC(C)c1noc(CSc2ccc(N)nc2)n1. The molecule has 0 bridgehead atoms. The van der Waals surface area contributed by atoms with Crippen molar-refractivity contribution in [3.63, 3.8) is 0 Å². The number of anilines is 1. The van der Waals surface area contributed by atoms with Crippen molar-refractivity contribution in [1.29, 1.82) is 0 Å². The molecule has 0 aromatic carbocycles. The van der Waals surface area contributed by atoms with Crippen LogP contribution in [0.2, 0.25) is 0 Å². The maximum Gasteiger partial charge on any atom is 0.237 e. The van der Waals surface area contributed by atoms with E-state index >= 15 is 0 Å². The molecule has 0 spiro atoms. The molecule has 0 amide bonds. The summed E-state index contributed by atoms with van der Waals surface area (Å²) in [5, 5.41) is 3.91. The molecule has 0 radical (unpaired) electrons. The van der Waals surface area contributed by atoms with Crippen LogP contribution in [0.5, 0.6) is 0 Å². The number of nitrogens with zero attached hydrogens (tertiary/aromatic N) is 3. The predicted molar refractivity (Wildman–Crippen MR) is 66.6 cm³/mol. The topological polar surface area (TPSA) is 77.8 Å². The van der Waals surface area contributed by atoms with Crippen LogP contribution < -0.4 is 5.73 Å². The first-order valence-electron chi connectivity index (χ1n) is 5.32. The number of hydrogen-bond acceptors (Lipinski definition) is 6. The van der Waals surface area contributed by atoms with Crippen molar-refractivity contribution in [1.82, 2.24) is 15.1 Å². The highest BCUT2D eigenvalue weighted by molar-refractivity contribution is 7.98. The van der Waals surface area contributed by atoms with Gasteiger partial charge in [-0.05, 0) is 12.1 Å². The molecule has 0 saturated carbocycles. The molecule has 2 N–H and O–H groups in total. The van der Waals surface area contributed by atoms with Gasteiger partial charge >= 0.3 is 0 Å². The van der Waals surface area contributed by atoms with Crippen molar-refractivity contribution in [2.75, 3.05) is 5.73 Å². The molecule has 0 aliphatic carbocycles. The molecule has 0 aliphatic heterocycles. The van der Waals surface area contributed by atoms with Gasteiger partial charge in [-0.25, -0.2) is 4.98 Å². The van der Waals surface area contributed by atoms with Crippen LogP contribution in [-0.4, -0.2) is 15.1 Å². The average Bonchev–Trinajstić information content (AvgIpc) is 2.77. The smallest absolute Gasteiger partial charge is 0.237 e. The molecule has 6 heteroatoms. The Hall–Kier alpha value is -1.56. The summed E-state index contributed by atoms with van der Waals surface area (Å²) in [5.41, 5.74) is 5.51. The zero-order valence-electron chi connectivity index (χ0n) is 9.75. The minimum absolute atomic E-state index is 0.288. The van der Waals surface area contributed by atoms with Crippen molar-refractivity contribution >= 4 is 17.6 Å². The largest absolute Gasteiger partial charge is 0.384 e. The summed E-state index contributed by atoms with van der Waals surface area (Å²) in [6, 6.07) is 3.70.